The largest absolute Gasteiger partial charge is 0.389 e. The molecule has 1 N–H and O–H groups in total. The molecular formula is C16H18O2. The zero-order valence-electron chi connectivity index (χ0n) is 10.7. The minimum atomic E-state index is -0.341. The molecule has 2 rings (SSSR count). The van der Waals surface area contributed by atoms with E-state index >= 15 is 0 Å². The number of aliphatic hydroxyl groups is 1. The Morgan fingerprint density at radius 1 is 0.944 bits per heavy atom. The summed E-state index contributed by atoms with van der Waals surface area (Å²) in [6, 6.07) is 18.8. The van der Waals surface area contributed by atoms with Gasteiger partial charge >= 0.3 is 0 Å². The number of hydrogen-bond donors (Lipinski definition) is 1. The van der Waals surface area contributed by atoms with Crippen LogP contribution in [0.1, 0.15) is 35.9 Å². The highest BCUT2D eigenvalue weighted by atomic mass is 16.3. The van der Waals surface area contributed by atoms with Gasteiger partial charge in [0.1, 0.15) is 0 Å². The smallest absolute Gasteiger partial charge is 0.159 e. The highest BCUT2D eigenvalue weighted by Gasteiger charge is 1.95. The first-order chi connectivity index (χ1) is 8.61. The van der Waals surface area contributed by atoms with Crippen molar-refractivity contribution >= 4 is 5.78 Å². The summed E-state index contributed by atoms with van der Waals surface area (Å²) < 4.78 is 0. The van der Waals surface area contributed by atoms with Crippen LogP contribution >= 0.6 is 0 Å². The monoisotopic (exact) mass is 242 g/mol. The molecule has 2 heteroatoms. The first-order valence-corrected chi connectivity index (χ1v) is 5.90. The standard InChI is InChI=1S/C8H10O.C8H8O/c2*1-7(9)8-5-3-2-4-6-8/h2-7,9H,1H3;2-6H,1H3/t7-;/m0./s1. The number of aliphatic hydroxyl groups excluding tert-OH is 1. The SMILES string of the molecule is CC(=O)c1ccccc1.C[C@H](O)c1ccccc1. The molecule has 0 unspecified atom stereocenters. The molecule has 0 spiro atoms. The number of rotatable bonds is 2. The first kappa shape index (κ1) is 14.1. The van der Waals surface area contributed by atoms with Gasteiger partial charge in [0.2, 0.25) is 0 Å². The van der Waals surface area contributed by atoms with E-state index in [1.54, 1.807) is 13.8 Å². The lowest BCUT2D eigenvalue weighted by atomic mass is 10.1. The molecule has 0 aromatic heterocycles. The van der Waals surface area contributed by atoms with Crippen molar-refractivity contribution in [1.82, 2.24) is 0 Å². The molecule has 0 bridgehead atoms. The van der Waals surface area contributed by atoms with Gasteiger partial charge in [-0.15, -0.1) is 0 Å². The fraction of sp³-hybridized carbons (Fsp3) is 0.188. The Morgan fingerprint density at radius 2 is 1.39 bits per heavy atom. The minimum absolute atomic E-state index is 0.121. The summed E-state index contributed by atoms with van der Waals surface area (Å²) in [4.78, 5) is 10.6. The minimum Gasteiger partial charge on any atom is -0.389 e. The molecule has 0 radical (unpaired) electrons. The van der Waals surface area contributed by atoms with Crippen LogP contribution in [0.2, 0.25) is 0 Å². The topological polar surface area (TPSA) is 37.3 Å². The van der Waals surface area contributed by atoms with E-state index in [2.05, 4.69) is 0 Å². The number of ketones is 1. The molecule has 1 atom stereocenters. The van der Waals surface area contributed by atoms with E-state index in [-0.39, 0.29) is 11.9 Å². The molecule has 2 aromatic carbocycles. The summed E-state index contributed by atoms with van der Waals surface area (Å²) in [5.74, 6) is 0.121. The van der Waals surface area contributed by atoms with Crippen LogP contribution in [0.5, 0.6) is 0 Å². The molecule has 2 nitrogen and oxygen atoms in total. The van der Waals surface area contributed by atoms with Gasteiger partial charge in [0.25, 0.3) is 0 Å². The van der Waals surface area contributed by atoms with Gasteiger partial charge in [0, 0.05) is 5.56 Å². The van der Waals surface area contributed by atoms with Crippen LogP contribution in [0.25, 0.3) is 0 Å². The Labute approximate surface area is 108 Å². The Balaban J connectivity index is 0.000000180. The first-order valence-electron chi connectivity index (χ1n) is 5.90. The van der Waals surface area contributed by atoms with Gasteiger partial charge in [0.15, 0.2) is 5.78 Å². The van der Waals surface area contributed by atoms with Crippen LogP contribution in [0.3, 0.4) is 0 Å². The Morgan fingerprint density at radius 3 is 1.67 bits per heavy atom. The molecule has 0 saturated heterocycles. The molecular weight excluding hydrogens is 224 g/mol. The van der Waals surface area contributed by atoms with Gasteiger partial charge < -0.3 is 5.11 Å². The number of hydrogen-bond acceptors (Lipinski definition) is 2. The van der Waals surface area contributed by atoms with Gasteiger partial charge in [-0.3, -0.25) is 4.79 Å². The van der Waals surface area contributed by atoms with E-state index in [0.717, 1.165) is 11.1 Å². The molecule has 0 amide bonds. The fourth-order valence-corrected chi connectivity index (χ4v) is 1.40. The van der Waals surface area contributed by atoms with Crippen LogP contribution < -0.4 is 0 Å². The van der Waals surface area contributed by atoms with Gasteiger partial charge in [-0.25, -0.2) is 0 Å². The second-order valence-electron chi connectivity index (χ2n) is 4.01. The highest BCUT2D eigenvalue weighted by Crippen LogP contribution is 2.09. The van der Waals surface area contributed by atoms with Crippen molar-refractivity contribution in [3.63, 3.8) is 0 Å². The maximum absolute atomic E-state index is 10.6. The summed E-state index contributed by atoms with van der Waals surface area (Å²) >= 11 is 0. The molecule has 0 aliphatic rings. The summed E-state index contributed by atoms with van der Waals surface area (Å²) in [6.45, 7) is 3.32. The van der Waals surface area contributed by atoms with E-state index in [9.17, 15) is 4.79 Å². The maximum atomic E-state index is 10.6. The lowest BCUT2D eigenvalue weighted by Gasteiger charge is -2.00. The summed E-state index contributed by atoms with van der Waals surface area (Å²) in [5, 5.41) is 9.02. The van der Waals surface area contributed by atoms with Gasteiger partial charge in [0.05, 0.1) is 6.10 Å². The van der Waals surface area contributed by atoms with E-state index in [1.807, 2.05) is 60.7 Å². The summed E-state index contributed by atoms with van der Waals surface area (Å²) in [5.41, 5.74) is 1.75. The molecule has 0 aliphatic carbocycles. The molecule has 18 heavy (non-hydrogen) atoms. The van der Waals surface area contributed by atoms with Crippen molar-refractivity contribution in [2.75, 3.05) is 0 Å². The Hall–Kier alpha value is -1.93. The molecule has 94 valence electrons. The molecule has 2 aromatic rings. The summed E-state index contributed by atoms with van der Waals surface area (Å²) in [6.07, 6.45) is -0.341. The van der Waals surface area contributed by atoms with Crippen molar-refractivity contribution in [3.05, 3.63) is 71.8 Å². The second-order valence-corrected chi connectivity index (χ2v) is 4.01. The zero-order chi connectivity index (χ0) is 13.4. The van der Waals surface area contributed by atoms with Crippen molar-refractivity contribution in [1.29, 1.82) is 0 Å². The Bertz CT molecular complexity index is 461. The second kappa shape index (κ2) is 7.41. The molecule has 0 aliphatic heterocycles. The van der Waals surface area contributed by atoms with Crippen LogP contribution in [-0.2, 0) is 0 Å². The highest BCUT2D eigenvalue weighted by molar-refractivity contribution is 5.93. The number of carbonyl (C=O) groups is 1. The molecule has 0 heterocycles. The van der Waals surface area contributed by atoms with Crippen LogP contribution in [0, 0.1) is 0 Å². The fourth-order valence-electron chi connectivity index (χ4n) is 1.40. The predicted octanol–water partition coefficient (Wildman–Crippen LogP) is 3.63. The van der Waals surface area contributed by atoms with Crippen molar-refractivity contribution in [2.24, 2.45) is 0 Å². The maximum Gasteiger partial charge on any atom is 0.159 e. The van der Waals surface area contributed by atoms with E-state index in [0.29, 0.717) is 0 Å². The van der Waals surface area contributed by atoms with Gasteiger partial charge in [-0.05, 0) is 19.4 Å². The number of benzene rings is 2. The normalized spacial score (nSPS) is 11.1. The van der Waals surface area contributed by atoms with E-state index in [1.165, 1.54) is 0 Å². The molecule has 0 saturated carbocycles. The number of carbonyl (C=O) groups excluding carboxylic acids is 1. The van der Waals surface area contributed by atoms with E-state index in [4.69, 9.17) is 5.11 Å². The van der Waals surface area contributed by atoms with Crippen LogP contribution in [-0.4, -0.2) is 10.9 Å². The van der Waals surface area contributed by atoms with Gasteiger partial charge in [-0.2, -0.15) is 0 Å². The number of Topliss-reactive ketones (excluding diaryl/α,β-unsaturated/α-hetero) is 1. The predicted molar refractivity (Wildman–Crippen MR) is 73.5 cm³/mol. The van der Waals surface area contributed by atoms with E-state index < -0.39 is 0 Å². The van der Waals surface area contributed by atoms with Crippen molar-refractivity contribution < 1.29 is 9.90 Å². The lowest BCUT2D eigenvalue weighted by Crippen LogP contribution is -1.88. The zero-order valence-corrected chi connectivity index (χ0v) is 10.7. The van der Waals surface area contributed by atoms with Crippen molar-refractivity contribution in [2.45, 2.75) is 20.0 Å². The Kier molecular flexibility index (Phi) is 5.81. The average molecular weight is 242 g/mol. The third-order valence-corrected chi connectivity index (χ3v) is 2.46. The van der Waals surface area contributed by atoms with Crippen LogP contribution in [0.15, 0.2) is 60.7 Å². The third-order valence-electron chi connectivity index (χ3n) is 2.46. The van der Waals surface area contributed by atoms with Crippen molar-refractivity contribution in [3.8, 4) is 0 Å². The third kappa shape index (κ3) is 4.93. The van der Waals surface area contributed by atoms with Crippen LogP contribution in [0.4, 0.5) is 0 Å². The van der Waals surface area contributed by atoms with Gasteiger partial charge in [-0.1, -0.05) is 60.7 Å². The average Bonchev–Trinajstić information content (AvgIpc) is 2.41. The lowest BCUT2D eigenvalue weighted by molar-refractivity contribution is 0.101. The molecule has 0 fully saturated rings. The quantitative estimate of drug-likeness (QED) is 0.816. The summed E-state index contributed by atoms with van der Waals surface area (Å²) in [7, 11) is 0.